The third-order valence-corrected chi connectivity index (χ3v) is 2.15. The first-order valence-corrected chi connectivity index (χ1v) is 4.03. The first-order valence-electron chi connectivity index (χ1n) is 4.03. The van der Waals surface area contributed by atoms with Gasteiger partial charge in [-0.25, -0.2) is 0 Å². The molecule has 0 amide bonds. The minimum atomic E-state index is -0.113. The normalized spacial score (nSPS) is 10.6. The van der Waals surface area contributed by atoms with Crippen molar-refractivity contribution in [2.24, 2.45) is 0 Å². The number of rotatable bonds is 0. The van der Waals surface area contributed by atoms with Crippen LogP contribution < -0.4 is 5.73 Å². The van der Waals surface area contributed by atoms with Gasteiger partial charge < -0.3 is 21.1 Å². The lowest BCUT2D eigenvalue weighted by Crippen LogP contribution is -1.88. The number of phenols is 3. The Morgan fingerprint density at radius 3 is 2.07 bits per heavy atom. The van der Waals surface area contributed by atoms with Crippen LogP contribution in [-0.4, -0.2) is 15.3 Å². The molecular weight excluding hydrogens is 182 g/mol. The van der Waals surface area contributed by atoms with Crippen molar-refractivity contribution in [2.75, 3.05) is 5.73 Å². The molecule has 0 saturated heterocycles. The zero-order valence-electron chi connectivity index (χ0n) is 7.23. The summed E-state index contributed by atoms with van der Waals surface area (Å²) in [5.41, 5.74) is 5.63. The van der Waals surface area contributed by atoms with E-state index in [1.54, 1.807) is 0 Å². The lowest BCUT2D eigenvalue weighted by atomic mass is 10.1. The van der Waals surface area contributed by atoms with Gasteiger partial charge in [0.25, 0.3) is 0 Å². The van der Waals surface area contributed by atoms with Crippen LogP contribution in [0.5, 0.6) is 17.2 Å². The molecule has 0 aliphatic rings. The summed E-state index contributed by atoms with van der Waals surface area (Å²) in [5.74, 6) is -0.158. The molecule has 0 bridgehead atoms. The van der Waals surface area contributed by atoms with Crippen LogP contribution in [0.25, 0.3) is 10.8 Å². The molecule has 0 atom stereocenters. The van der Waals surface area contributed by atoms with E-state index < -0.39 is 0 Å². The molecule has 0 radical (unpaired) electrons. The monoisotopic (exact) mass is 191 g/mol. The van der Waals surface area contributed by atoms with Crippen molar-refractivity contribution in [3.05, 3.63) is 24.3 Å². The number of phenolic OH excluding ortho intramolecular Hbond substituents is 3. The molecule has 0 unspecified atom stereocenters. The van der Waals surface area contributed by atoms with Crippen molar-refractivity contribution in [1.29, 1.82) is 0 Å². The number of hydrogen-bond donors (Lipinski definition) is 4. The van der Waals surface area contributed by atoms with Gasteiger partial charge in [0.15, 0.2) is 0 Å². The van der Waals surface area contributed by atoms with Crippen molar-refractivity contribution in [1.82, 2.24) is 0 Å². The third kappa shape index (κ3) is 1.01. The maximum absolute atomic E-state index is 9.50. The van der Waals surface area contributed by atoms with E-state index in [1.807, 2.05) is 0 Å². The summed E-state index contributed by atoms with van der Waals surface area (Å²) in [6.45, 7) is 0. The summed E-state index contributed by atoms with van der Waals surface area (Å²) in [7, 11) is 0. The van der Waals surface area contributed by atoms with E-state index >= 15 is 0 Å². The van der Waals surface area contributed by atoms with Crippen molar-refractivity contribution >= 4 is 16.5 Å². The zero-order chi connectivity index (χ0) is 10.3. The molecule has 4 nitrogen and oxygen atoms in total. The van der Waals surface area contributed by atoms with Crippen molar-refractivity contribution in [3.8, 4) is 17.2 Å². The SMILES string of the molecule is Nc1c(O)ccc2c(O)ccc(O)c12. The third-order valence-electron chi connectivity index (χ3n) is 2.15. The van der Waals surface area contributed by atoms with Gasteiger partial charge >= 0.3 is 0 Å². The molecule has 4 heteroatoms. The number of nitrogen functional groups attached to an aromatic ring is 1. The first-order chi connectivity index (χ1) is 6.61. The van der Waals surface area contributed by atoms with E-state index in [0.717, 1.165) is 0 Å². The van der Waals surface area contributed by atoms with Gasteiger partial charge in [0.2, 0.25) is 0 Å². The Balaban J connectivity index is 3.01. The summed E-state index contributed by atoms with van der Waals surface area (Å²) >= 11 is 0. The van der Waals surface area contributed by atoms with E-state index in [0.29, 0.717) is 5.39 Å². The standard InChI is InChI=1S/C10H9NO3/c11-10-8(14)2-1-5-6(12)3-4-7(13)9(5)10/h1-4,12-14H,11H2. The maximum Gasteiger partial charge on any atom is 0.139 e. The van der Waals surface area contributed by atoms with Gasteiger partial charge in [0.1, 0.15) is 17.2 Å². The summed E-state index contributed by atoms with van der Waals surface area (Å²) in [4.78, 5) is 0. The highest BCUT2D eigenvalue weighted by molar-refractivity contribution is 6.02. The highest BCUT2D eigenvalue weighted by Crippen LogP contribution is 2.39. The first kappa shape index (κ1) is 8.50. The van der Waals surface area contributed by atoms with Gasteiger partial charge in [-0.1, -0.05) is 0 Å². The summed E-state index contributed by atoms with van der Waals surface area (Å²) in [5, 5.41) is 29.0. The molecule has 0 fully saturated rings. The number of anilines is 1. The fraction of sp³-hybridized carbons (Fsp3) is 0. The molecule has 5 N–H and O–H groups in total. The highest BCUT2D eigenvalue weighted by Gasteiger charge is 2.10. The molecule has 2 aromatic rings. The predicted octanol–water partition coefficient (Wildman–Crippen LogP) is 1.54. The number of fused-ring (bicyclic) bond motifs is 1. The quantitative estimate of drug-likeness (QED) is 0.289. The summed E-state index contributed by atoms with van der Waals surface area (Å²) < 4.78 is 0. The molecule has 0 aliphatic heterocycles. The topological polar surface area (TPSA) is 86.7 Å². The Morgan fingerprint density at radius 1 is 0.786 bits per heavy atom. The zero-order valence-corrected chi connectivity index (χ0v) is 7.23. The average molecular weight is 191 g/mol. The molecule has 0 spiro atoms. The molecule has 2 aromatic carbocycles. The minimum absolute atomic E-state index is 0.0181. The lowest BCUT2D eigenvalue weighted by Gasteiger charge is -2.07. The van der Waals surface area contributed by atoms with Gasteiger partial charge in [-0.2, -0.15) is 0 Å². The fourth-order valence-electron chi connectivity index (χ4n) is 1.43. The van der Waals surface area contributed by atoms with Crippen molar-refractivity contribution < 1.29 is 15.3 Å². The molecule has 2 rings (SSSR count). The van der Waals surface area contributed by atoms with Gasteiger partial charge in [-0.05, 0) is 24.3 Å². The fourth-order valence-corrected chi connectivity index (χ4v) is 1.43. The Morgan fingerprint density at radius 2 is 1.36 bits per heavy atom. The van der Waals surface area contributed by atoms with Gasteiger partial charge in [-0.3, -0.25) is 0 Å². The summed E-state index contributed by atoms with van der Waals surface area (Å²) in [6, 6.07) is 5.56. The predicted molar refractivity (Wildman–Crippen MR) is 53.4 cm³/mol. The van der Waals surface area contributed by atoms with E-state index in [1.165, 1.54) is 24.3 Å². The Hall–Kier alpha value is -2.10. The van der Waals surface area contributed by atoms with Crippen LogP contribution in [0.15, 0.2) is 24.3 Å². The largest absolute Gasteiger partial charge is 0.507 e. The van der Waals surface area contributed by atoms with Crippen LogP contribution in [0.1, 0.15) is 0 Å². The molecule has 14 heavy (non-hydrogen) atoms. The molecule has 72 valence electrons. The Labute approximate surface area is 79.8 Å². The summed E-state index contributed by atoms with van der Waals surface area (Å²) in [6.07, 6.45) is 0. The second kappa shape index (κ2) is 2.70. The second-order valence-corrected chi connectivity index (χ2v) is 3.02. The van der Waals surface area contributed by atoms with Gasteiger partial charge in [0.05, 0.1) is 11.1 Å². The van der Waals surface area contributed by atoms with Crippen molar-refractivity contribution in [3.63, 3.8) is 0 Å². The number of benzene rings is 2. The van der Waals surface area contributed by atoms with Crippen LogP contribution in [0.4, 0.5) is 5.69 Å². The van der Waals surface area contributed by atoms with Crippen LogP contribution in [-0.2, 0) is 0 Å². The highest BCUT2D eigenvalue weighted by atomic mass is 16.3. The Kier molecular flexibility index (Phi) is 1.64. The number of aromatic hydroxyl groups is 3. The molecule has 0 aliphatic carbocycles. The second-order valence-electron chi connectivity index (χ2n) is 3.02. The van der Waals surface area contributed by atoms with Crippen molar-refractivity contribution in [2.45, 2.75) is 0 Å². The van der Waals surface area contributed by atoms with Gasteiger partial charge in [-0.15, -0.1) is 0 Å². The maximum atomic E-state index is 9.50. The molecule has 0 saturated carbocycles. The van der Waals surface area contributed by atoms with Crippen LogP contribution in [0.2, 0.25) is 0 Å². The molecule has 0 heterocycles. The Bertz CT molecular complexity index is 508. The van der Waals surface area contributed by atoms with Crippen LogP contribution >= 0.6 is 0 Å². The van der Waals surface area contributed by atoms with Crippen LogP contribution in [0, 0.1) is 0 Å². The van der Waals surface area contributed by atoms with E-state index in [4.69, 9.17) is 5.73 Å². The number of hydrogen-bond acceptors (Lipinski definition) is 4. The lowest BCUT2D eigenvalue weighted by molar-refractivity contribution is 0.466. The van der Waals surface area contributed by atoms with Crippen LogP contribution in [0.3, 0.4) is 0 Å². The smallest absolute Gasteiger partial charge is 0.139 e. The van der Waals surface area contributed by atoms with E-state index in [2.05, 4.69) is 0 Å². The van der Waals surface area contributed by atoms with Gasteiger partial charge in [0, 0.05) is 5.39 Å². The minimum Gasteiger partial charge on any atom is -0.507 e. The molecule has 0 aromatic heterocycles. The van der Waals surface area contributed by atoms with E-state index in [-0.39, 0.29) is 28.3 Å². The molecular formula is C10H9NO3. The van der Waals surface area contributed by atoms with E-state index in [9.17, 15) is 15.3 Å². The average Bonchev–Trinajstić information content (AvgIpc) is 2.16. The number of nitrogens with two attached hydrogens (primary N) is 1.